The molecule has 1 aromatic carbocycles. The summed E-state index contributed by atoms with van der Waals surface area (Å²) in [6.07, 6.45) is 0.427. The standard InChI is InChI=1S/C14H17FN2O3S/c1-3-12-9-20-10(2)8-17(12)21(18,19)13-4-5-14(15)11(6-13)7-16/h4-6,10,12H,3,8-9H2,1-2H3. The lowest BCUT2D eigenvalue weighted by molar-refractivity contribution is -0.0230. The van der Waals surface area contributed by atoms with Crippen molar-refractivity contribution in [2.45, 2.75) is 37.3 Å². The molecule has 0 saturated carbocycles. The third-order valence-corrected chi connectivity index (χ3v) is 5.47. The van der Waals surface area contributed by atoms with Crippen molar-refractivity contribution in [3.63, 3.8) is 0 Å². The number of nitriles is 1. The first-order valence-electron chi connectivity index (χ1n) is 6.73. The highest BCUT2D eigenvalue weighted by atomic mass is 32.2. The van der Waals surface area contributed by atoms with Gasteiger partial charge in [0.05, 0.1) is 23.2 Å². The first kappa shape index (κ1) is 15.9. The quantitative estimate of drug-likeness (QED) is 0.854. The molecule has 1 aromatic rings. The van der Waals surface area contributed by atoms with E-state index >= 15 is 0 Å². The fourth-order valence-corrected chi connectivity index (χ4v) is 4.10. The van der Waals surface area contributed by atoms with E-state index in [-0.39, 0.29) is 29.1 Å². The summed E-state index contributed by atoms with van der Waals surface area (Å²) in [6.45, 7) is 4.28. The number of rotatable bonds is 3. The molecule has 0 spiro atoms. The Bertz CT molecular complexity index is 669. The number of ether oxygens (including phenoxy) is 1. The summed E-state index contributed by atoms with van der Waals surface area (Å²) in [7, 11) is -3.77. The molecule has 2 rings (SSSR count). The molecule has 0 aromatic heterocycles. The maximum absolute atomic E-state index is 13.4. The highest BCUT2D eigenvalue weighted by Gasteiger charge is 2.35. The second kappa shape index (κ2) is 6.10. The molecule has 2 unspecified atom stereocenters. The number of hydrogen-bond donors (Lipinski definition) is 0. The third-order valence-electron chi connectivity index (χ3n) is 3.55. The van der Waals surface area contributed by atoms with Crippen LogP contribution in [0.5, 0.6) is 0 Å². The molecular formula is C14H17FN2O3S. The summed E-state index contributed by atoms with van der Waals surface area (Å²) in [4.78, 5) is -0.0620. The van der Waals surface area contributed by atoms with Gasteiger partial charge in [0.1, 0.15) is 11.9 Å². The molecule has 0 aliphatic carbocycles. The minimum atomic E-state index is -3.77. The van der Waals surface area contributed by atoms with Crippen molar-refractivity contribution in [1.82, 2.24) is 4.31 Å². The lowest BCUT2D eigenvalue weighted by Gasteiger charge is -2.37. The summed E-state index contributed by atoms with van der Waals surface area (Å²) in [6, 6.07) is 4.70. The van der Waals surface area contributed by atoms with Crippen LogP contribution in [0.1, 0.15) is 25.8 Å². The fourth-order valence-electron chi connectivity index (χ4n) is 2.32. The summed E-state index contributed by atoms with van der Waals surface area (Å²) in [5.41, 5.74) is -0.273. The highest BCUT2D eigenvalue weighted by Crippen LogP contribution is 2.25. The van der Waals surface area contributed by atoms with Gasteiger partial charge in [-0.25, -0.2) is 12.8 Å². The van der Waals surface area contributed by atoms with E-state index in [1.807, 2.05) is 6.92 Å². The Morgan fingerprint density at radius 1 is 1.52 bits per heavy atom. The van der Waals surface area contributed by atoms with Crippen LogP contribution in [-0.4, -0.2) is 38.0 Å². The van der Waals surface area contributed by atoms with Gasteiger partial charge in [-0.1, -0.05) is 6.92 Å². The van der Waals surface area contributed by atoms with E-state index in [9.17, 15) is 12.8 Å². The van der Waals surface area contributed by atoms with Crippen molar-refractivity contribution < 1.29 is 17.5 Å². The topological polar surface area (TPSA) is 70.4 Å². The Hall–Kier alpha value is -1.49. The van der Waals surface area contributed by atoms with Gasteiger partial charge in [0, 0.05) is 12.6 Å². The SMILES string of the molecule is CCC1COC(C)CN1S(=O)(=O)c1ccc(F)c(C#N)c1. The molecule has 0 N–H and O–H groups in total. The molecule has 0 radical (unpaired) electrons. The van der Waals surface area contributed by atoms with Gasteiger partial charge in [0.25, 0.3) is 0 Å². The lowest BCUT2D eigenvalue weighted by atomic mass is 10.2. The summed E-state index contributed by atoms with van der Waals surface area (Å²) in [5, 5.41) is 8.84. The van der Waals surface area contributed by atoms with Crippen LogP contribution in [0.2, 0.25) is 0 Å². The summed E-state index contributed by atoms with van der Waals surface area (Å²) < 4.78 is 45.7. The maximum atomic E-state index is 13.4. The van der Waals surface area contributed by atoms with Crippen molar-refractivity contribution in [2.75, 3.05) is 13.2 Å². The van der Waals surface area contributed by atoms with Gasteiger partial charge >= 0.3 is 0 Å². The molecule has 5 nitrogen and oxygen atoms in total. The first-order chi connectivity index (χ1) is 9.90. The number of halogens is 1. The van der Waals surface area contributed by atoms with Crippen molar-refractivity contribution in [3.8, 4) is 6.07 Å². The van der Waals surface area contributed by atoms with Crippen molar-refractivity contribution >= 4 is 10.0 Å². The zero-order valence-electron chi connectivity index (χ0n) is 11.9. The second-order valence-electron chi connectivity index (χ2n) is 5.03. The minimum Gasteiger partial charge on any atom is -0.375 e. The number of nitrogens with zero attached hydrogens (tertiary/aromatic N) is 2. The third kappa shape index (κ3) is 3.07. The molecule has 1 aliphatic rings. The number of sulfonamides is 1. The van der Waals surface area contributed by atoms with E-state index in [0.29, 0.717) is 13.0 Å². The molecule has 1 aliphatic heterocycles. The monoisotopic (exact) mass is 312 g/mol. The maximum Gasteiger partial charge on any atom is 0.243 e. The van der Waals surface area contributed by atoms with Crippen LogP contribution in [0.3, 0.4) is 0 Å². The van der Waals surface area contributed by atoms with Crippen molar-refractivity contribution in [1.29, 1.82) is 5.26 Å². The van der Waals surface area contributed by atoms with Crippen LogP contribution >= 0.6 is 0 Å². The van der Waals surface area contributed by atoms with Gasteiger partial charge in [0.15, 0.2) is 0 Å². The Morgan fingerprint density at radius 2 is 2.24 bits per heavy atom. The van der Waals surface area contributed by atoms with Crippen LogP contribution in [-0.2, 0) is 14.8 Å². The van der Waals surface area contributed by atoms with Gasteiger partial charge in [-0.15, -0.1) is 0 Å². The normalized spacial score (nSPS) is 23.7. The van der Waals surface area contributed by atoms with E-state index in [1.165, 1.54) is 10.4 Å². The number of morpholine rings is 1. The molecule has 114 valence electrons. The second-order valence-corrected chi connectivity index (χ2v) is 6.92. The van der Waals surface area contributed by atoms with Gasteiger partial charge in [-0.3, -0.25) is 0 Å². The zero-order chi connectivity index (χ0) is 15.6. The van der Waals surface area contributed by atoms with Gasteiger partial charge in [-0.05, 0) is 31.5 Å². The predicted molar refractivity (Wildman–Crippen MR) is 74.5 cm³/mol. The van der Waals surface area contributed by atoms with Crippen LogP contribution in [0, 0.1) is 17.1 Å². The molecule has 1 heterocycles. The minimum absolute atomic E-state index is 0.0620. The highest BCUT2D eigenvalue weighted by molar-refractivity contribution is 7.89. The molecular weight excluding hydrogens is 295 g/mol. The van der Waals surface area contributed by atoms with Crippen LogP contribution in [0.15, 0.2) is 23.1 Å². The van der Waals surface area contributed by atoms with Crippen LogP contribution < -0.4 is 0 Å². The average molecular weight is 312 g/mol. The smallest absolute Gasteiger partial charge is 0.243 e. The average Bonchev–Trinajstić information content (AvgIpc) is 2.47. The van der Waals surface area contributed by atoms with Gasteiger partial charge in [-0.2, -0.15) is 9.57 Å². The Morgan fingerprint density at radius 3 is 2.86 bits per heavy atom. The molecule has 0 bridgehead atoms. The molecule has 7 heteroatoms. The molecule has 1 saturated heterocycles. The Labute approximate surface area is 124 Å². The van der Waals surface area contributed by atoms with Crippen molar-refractivity contribution in [2.24, 2.45) is 0 Å². The Balaban J connectivity index is 2.43. The molecule has 1 fully saturated rings. The Kier molecular flexibility index (Phi) is 4.61. The number of benzene rings is 1. The van der Waals surface area contributed by atoms with Crippen molar-refractivity contribution in [3.05, 3.63) is 29.6 Å². The van der Waals surface area contributed by atoms with E-state index in [2.05, 4.69) is 0 Å². The predicted octanol–water partition coefficient (Wildman–Crippen LogP) is 1.89. The van der Waals surface area contributed by atoms with E-state index in [4.69, 9.17) is 10.00 Å². The number of hydrogen-bond acceptors (Lipinski definition) is 4. The van der Waals surface area contributed by atoms with E-state index in [0.717, 1.165) is 12.1 Å². The largest absolute Gasteiger partial charge is 0.375 e. The molecule has 0 amide bonds. The van der Waals surface area contributed by atoms with Crippen LogP contribution in [0.4, 0.5) is 4.39 Å². The molecule has 2 atom stereocenters. The summed E-state index contributed by atoms with van der Waals surface area (Å²) >= 11 is 0. The van der Waals surface area contributed by atoms with E-state index in [1.54, 1.807) is 13.0 Å². The summed E-state index contributed by atoms with van der Waals surface area (Å²) in [5.74, 6) is -0.723. The molecule has 21 heavy (non-hydrogen) atoms. The van der Waals surface area contributed by atoms with E-state index < -0.39 is 15.8 Å². The van der Waals surface area contributed by atoms with Gasteiger partial charge < -0.3 is 4.74 Å². The first-order valence-corrected chi connectivity index (χ1v) is 8.17. The lowest BCUT2D eigenvalue weighted by Crippen LogP contribution is -2.51. The fraction of sp³-hybridized carbons (Fsp3) is 0.500. The zero-order valence-corrected chi connectivity index (χ0v) is 12.7. The van der Waals surface area contributed by atoms with Crippen LogP contribution in [0.25, 0.3) is 0 Å². The van der Waals surface area contributed by atoms with Gasteiger partial charge in [0.2, 0.25) is 10.0 Å².